The third-order valence-corrected chi connectivity index (χ3v) is 5.63. The van der Waals surface area contributed by atoms with Crippen molar-refractivity contribution in [1.29, 1.82) is 0 Å². The number of aryl methyl sites for hydroxylation is 1. The van der Waals surface area contributed by atoms with Gasteiger partial charge in [-0.05, 0) is 56.0 Å². The Morgan fingerprint density at radius 1 is 1.13 bits per heavy atom. The second kappa shape index (κ2) is 8.83. The van der Waals surface area contributed by atoms with E-state index in [2.05, 4.69) is 20.3 Å². The average Bonchev–Trinajstić information content (AvgIpc) is 3.04. The Labute approximate surface area is 179 Å². The molecule has 0 spiro atoms. The van der Waals surface area contributed by atoms with Gasteiger partial charge >= 0.3 is 0 Å². The molecule has 1 N–H and O–H groups in total. The minimum Gasteiger partial charge on any atom is -0.370 e. The first-order chi connectivity index (χ1) is 14.5. The van der Waals surface area contributed by atoms with Gasteiger partial charge < -0.3 is 10.2 Å². The molecule has 30 heavy (non-hydrogen) atoms. The minimum atomic E-state index is -0.360. The van der Waals surface area contributed by atoms with Gasteiger partial charge in [0, 0.05) is 13.1 Å². The average molecular weight is 428 g/mol. The minimum absolute atomic E-state index is 0.235. The van der Waals surface area contributed by atoms with Gasteiger partial charge in [0.05, 0.1) is 29.7 Å². The Balaban J connectivity index is 1.46. The summed E-state index contributed by atoms with van der Waals surface area (Å²) in [5, 5.41) is 7.40. The molecule has 1 aliphatic rings. The smallest absolute Gasteiger partial charge is 0.261 e. The van der Waals surface area contributed by atoms with Crippen LogP contribution in [0.25, 0.3) is 0 Å². The second-order valence-electron chi connectivity index (χ2n) is 7.44. The van der Waals surface area contributed by atoms with Crippen molar-refractivity contribution in [2.45, 2.75) is 32.7 Å². The molecule has 6 nitrogen and oxygen atoms in total. The Morgan fingerprint density at radius 2 is 1.87 bits per heavy atom. The van der Waals surface area contributed by atoms with E-state index in [9.17, 15) is 9.18 Å². The van der Waals surface area contributed by atoms with Gasteiger partial charge in [-0.1, -0.05) is 23.7 Å². The van der Waals surface area contributed by atoms with Crippen molar-refractivity contribution < 1.29 is 9.18 Å². The molecule has 0 unspecified atom stereocenters. The lowest BCUT2D eigenvalue weighted by molar-refractivity contribution is 0.102. The zero-order valence-electron chi connectivity index (χ0n) is 16.7. The van der Waals surface area contributed by atoms with E-state index in [1.165, 1.54) is 36.1 Å². The maximum atomic E-state index is 13.1. The molecule has 2 aromatic heterocycles. The van der Waals surface area contributed by atoms with Crippen molar-refractivity contribution in [3.8, 4) is 0 Å². The van der Waals surface area contributed by atoms with Crippen LogP contribution in [-0.2, 0) is 6.54 Å². The summed E-state index contributed by atoms with van der Waals surface area (Å²) in [7, 11) is 0. The fraction of sp³-hybridized carbons (Fsp3) is 0.318. The van der Waals surface area contributed by atoms with Crippen LogP contribution in [0.3, 0.4) is 0 Å². The summed E-state index contributed by atoms with van der Waals surface area (Å²) >= 11 is 6.44. The highest BCUT2D eigenvalue weighted by atomic mass is 35.5. The van der Waals surface area contributed by atoms with Crippen LogP contribution in [0.15, 0.2) is 42.6 Å². The number of hydrogen-bond donors (Lipinski definition) is 1. The zero-order chi connectivity index (χ0) is 21.1. The Morgan fingerprint density at radius 3 is 2.53 bits per heavy atom. The number of piperidine rings is 1. The lowest BCUT2D eigenvalue weighted by Crippen LogP contribution is -2.29. The molecule has 0 atom stereocenters. The van der Waals surface area contributed by atoms with Crippen molar-refractivity contribution >= 4 is 29.0 Å². The monoisotopic (exact) mass is 427 g/mol. The number of carbonyl (C=O) groups excluding carboxylic acids is 1. The van der Waals surface area contributed by atoms with Crippen LogP contribution in [0.1, 0.15) is 40.9 Å². The molecule has 0 bridgehead atoms. The van der Waals surface area contributed by atoms with Crippen LogP contribution in [0.2, 0.25) is 5.15 Å². The summed E-state index contributed by atoms with van der Waals surface area (Å²) in [5.41, 5.74) is 2.72. The molecule has 1 saturated heterocycles. The third-order valence-electron chi connectivity index (χ3n) is 5.25. The Kier molecular flexibility index (Phi) is 5.99. The molecular formula is C22H23ClFN5O. The van der Waals surface area contributed by atoms with Crippen molar-refractivity contribution in [3.63, 3.8) is 0 Å². The zero-order valence-corrected chi connectivity index (χ0v) is 17.5. The molecule has 0 saturated carbocycles. The summed E-state index contributed by atoms with van der Waals surface area (Å²) in [6.45, 7) is 4.15. The van der Waals surface area contributed by atoms with Crippen LogP contribution in [-0.4, -0.2) is 33.8 Å². The Bertz CT molecular complexity index is 1030. The molecule has 4 rings (SSSR count). The molecule has 3 heterocycles. The Hall–Kier alpha value is -2.93. The van der Waals surface area contributed by atoms with Crippen LogP contribution >= 0.6 is 11.6 Å². The number of rotatable bonds is 5. The normalized spacial score (nSPS) is 14.0. The van der Waals surface area contributed by atoms with Crippen LogP contribution in [0.4, 0.5) is 15.9 Å². The number of benzene rings is 1. The van der Waals surface area contributed by atoms with E-state index in [0.717, 1.165) is 24.3 Å². The van der Waals surface area contributed by atoms with Gasteiger partial charge in [0.1, 0.15) is 16.8 Å². The maximum Gasteiger partial charge on any atom is 0.261 e. The van der Waals surface area contributed by atoms with Gasteiger partial charge in [0.25, 0.3) is 5.91 Å². The number of anilines is 2. The first-order valence-electron chi connectivity index (χ1n) is 10.0. The predicted octanol–water partition coefficient (Wildman–Crippen LogP) is 4.67. The highest BCUT2D eigenvalue weighted by molar-refractivity contribution is 6.33. The largest absolute Gasteiger partial charge is 0.370 e. The number of hydrogen-bond acceptors (Lipinski definition) is 4. The molecule has 0 aliphatic carbocycles. The quantitative estimate of drug-likeness (QED) is 0.642. The van der Waals surface area contributed by atoms with E-state index < -0.39 is 0 Å². The van der Waals surface area contributed by atoms with Crippen LogP contribution in [0.5, 0.6) is 0 Å². The van der Waals surface area contributed by atoms with Gasteiger partial charge in [-0.3, -0.25) is 4.79 Å². The van der Waals surface area contributed by atoms with Gasteiger partial charge in [0.2, 0.25) is 0 Å². The number of carbonyl (C=O) groups is 1. The first kappa shape index (κ1) is 20.3. The molecule has 1 fully saturated rings. The van der Waals surface area contributed by atoms with Crippen molar-refractivity contribution in [3.05, 3.63) is 70.4 Å². The number of pyridine rings is 1. The third kappa shape index (κ3) is 4.46. The van der Waals surface area contributed by atoms with Gasteiger partial charge in [-0.2, -0.15) is 5.10 Å². The topological polar surface area (TPSA) is 63.1 Å². The van der Waals surface area contributed by atoms with E-state index >= 15 is 0 Å². The summed E-state index contributed by atoms with van der Waals surface area (Å²) < 4.78 is 14.6. The highest BCUT2D eigenvalue weighted by Crippen LogP contribution is 2.23. The van der Waals surface area contributed by atoms with Gasteiger partial charge in [-0.25, -0.2) is 14.1 Å². The lowest BCUT2D eigenvalue weighted by Gasteiger charge is -2.28. The van der Waals surface area contributed by atoms with Crippen molar-refractivity contribution in [1.82, 2.24) is 14.8 Å². The summed E-state index contributed by atoms with van der Waals surface area (Å²) in [5.74, 6) is -0.205. The fourth-order valence-corrected chi connectivity index (χ4v) is 3.98. The number of halogens is 2. The van der Waals surface area contributed by atoms with Crippen LogP contribution in [0, 0.1) is 12.7 Å². The molecule has 156 valence electrons. The predicted molar refractivity (Wildman–Crippen MR) is 116 cm³/mol. The number of nitrogens with zero attached hydrogens (tertiary/aromatic N) is 4. The van der Waals surface area contributed by atoms with Crippen molar-refractivity contribution in [2.75, 3.05) is 23.3 Å². The number of amides is 1. The van der Waals surface area contributed by atoms with E-state index in [1.807, 2.05) is 6.07 Å². The number of aromatic nitrogens is 3. The second-order valence-corrected chi connectivity index (χ2v) is 7.80. The van der Waals surface area contributed by atoms with Gasteiger partial charge in [0.15, 0.2) is 0 Å². The summed E-state index contributed by atoms with van der Waals surface area (Å²) in [6, 6.07) is 9.86. The maximum absolute atomic E-state index is 13.1. The summed E-state index contributed by atoms with van der Waals surface area (Å²) in [4.78, 5) is 19.5. The lowest BCUT2D eigenvalue weighted by atomic mass is 10.1. The number of nitrogens with one attached hydrogen (secondary N) is 1. The standard InChI is InChI=1S/C22H23ClFN5O/c1-15-20(21(23)29(27-15)14-16-5-7-17(24)8-6-16)22(30)26-19-10-9-18(13-25-19)28-11-3-2-4-12-28/h5-10,13H,2-4,11-12,14H2,1H3,(H,25,26,30). The fourth-order valence-electron chi connectivity index (χ4n) is 3.66. The SMILES string of the molecule is Cc1nn(Cc2ccc(F)cc2)c(Cl)c1C(=O)Nc1ccc(N2CCCCC2)cn1. The first-order valence-corrected chi connectivity index (χ1v) is 10.4. The van der Waals surface area contributed by atoms with E-state index in [0.29, 0.717) is 23.6 Å². The van der Waals surface area contributed by atoms with E-state index in [1.54, 1.807) is 31.3 Å². The molecule has 1 amide bonds. The molecule has 1 aromatic carbocycles. The highest BCUT2D eigenvalue weighted by Gasteiger charge is 2.21. The van der Waals surface area contributed by atoms with E-state index in [-0.39, 0.29) is 16.9 Å². The molecule has 1 aliphatic heterocycles. The molecule has 0 radical (unpaired) electrons. The molecule has 3 aromatic rings. The van der Waals surface area contributed by atoms with Crippen LogP contribution < -0.4 is 10.2 Å². The molecular weight excluding hydrogens is 405 g/mol. The van der Waals surface area contributed by atoms with E-state index in [4.69, 9.17) is 11.6 Å². The van der Waals surface area contributed by atoms with Gasteiger partial charge in [-0.15, -0.1) is 0 Å². The summed E-state index contributed by atoms with van der Waals surface area (Å²) in [6.07, 6.45) is 5.44. The molecule has 8 heteroatoms. The van der Waals surface area contributed by atoms with Crippen molar-refractivity contribution in [2.24, 2.45) is 0 Å².